The predicted molar refractivity (Wildman–Crippen MR) is 168 cm³/mol. The maximum Gasteiger partial charge on any atom is 0.283 e. The van der Waals surface area contributed by atoms with Crippen LogP contribution >= 0.6 is 0 Å². The van der Waals surface area contributed by atoms with E-state index >= 15 is 0 Å². The lowest BCUT2D eigenvalue weighted by Gasteiger charge is -2.36. The summed E-state index contributed by atoms with van der Waals surface area (Å²) < 4.78 is 17.8. The largest absolute Gasteiger partial charge is 0.295 e. The Labute approximate surface area is 253 Å². The molecule has 3 aromatic heterocycles. The van der Waals surface area contributed by atoms with Crippen LogP contribution in [0, 0.1) is 5.82 Å². The number of fused-ring (bicyclic) bond motifs is 1. The molecule has 0 saturated carbocycles. The lowest BCUT2D eigenvalue weighted by Crippen LogP contribution is -2.38. The minimum atomic E-state index is -0.861. The number of halogens is 1. The monoisotopic (exact) mass is 578 g/mol. The van der Waals surface area contributed by atoms with E-state index in [1.54, 1.807) is 16.5 Å². The number of imidazole rings is 1. The third-order valence-electron chi connectivity index (χ3n) is 7.93. The van der Waals surface area contributed by atoms with Gasteiger partial charge in [0.1, 0.15) is 28.4 Å². The van der Waals surface area contributed by atoms with Crippen LogP contribution in [0.3, 0.4) is 0 Å². The molecule has 0 bridgehead atoms. The lowest BCUT2D eigenvalue weighted by molar-refractivity contribution is 0.0948. The van der Waals surface area contributed by atoms with E-state index in [9.17, 15) is 9.18 Å². The second kappa shape index (κ2) is 11.1. The number of aromatic nitrogens is 4. The molecule has 7 aromatic rings. The number of nitrogens with zero attached hydrogens (tertiary/aromatic N) is 4. The van der Waals surface area contributed by atoms with Crippen molar-refractivity contribution in [2.75, 3.05) is 0 Å². The van der Waals surface area contributed by atoms with Crippen LogP contribution in [0.5, 0.6) is 0 Å². The van der Waals surface area contributed by atoms with Gasteiger partial charge in [-0.05, 0) is 53.1 Å². The Morgan fingerprint density at radius 3 is 1.80 bits per heavy atom. The van der Waals surface area contributed by atoms with E-state index in [1.807, 2.05) is 83.8 Å². The number of pyridine rings is 1. The Balaban J connectivity index is 1.56. The van der Waals surface area contributed by atoms with Gasteiger partial charge in [-0.1, -0.05) is 91.0 Å². The standard InChI is InChI=1S/C36H27FN6O/c37-30-19-16-25(17-20-30)34-31(26-18-21-33-39-22-32(35(44)40-38)42(33)23-26)24-43(41-34)36(27-10-4-1-5-11-27,28-12-6-2-7-13-28)29-14-8-3-9-15-29/h1-24H,38H2,(H,40,44). The summed E-state index contributed by atoms with van der Waals surface area (Å²) in [5.74, 6) is 4.66. The molecular weight excluding hydrogens is 551 g/mol. The predicted octanol–water partition coefficient (Wildman–Crippen LogP) is 6.45. The van der Waals surface area contributed by atoms with Crippen molar-refractivity contribution in [2.45, 2.75) is 5.54 Å². The second-order valence-electron chi connectivity index (χ2n) is 10.4. The highest BCUT2D eigenvalue weighted by atomic mass is 19.1. The smallest absolute Gasteiger partial charge is 0.283 e. The SMILES string of the molecule is NNC(=O)c1cnc2ccc(-c3cn(C(c4ccccc4)(c4ccccc4)c4ccccc4)nc3-c3ccc(F)cc3)cn12. The molecule has 0 atom stereocenters. The van der Waals surface area contributed by atoms with Crippen molar-refractivity contribution in [1.29, 1.82) is 0 Å². The zero-order valence-corrected chi connectivity index (χ0v) is 23.5. The number of rotatable bonds is 7. The number of amides is 1. The van der Waals surface area contributed by atoms with E-state index < -0.39 is 11.4 Å². The summed E-state index contributed by atoms with van der Waals surface area (Å²) in [6.07, 6.45) is 5.35. The molecule has 1 amide bonds. The number of carbonyl (C=O) groups is 1. The fourth-order valence-corrected chi connectivity index (χ4v) is 5.89. The lowest BCUT2D eigenvalue weighted by atomic mass is 9.77. The van der Waals surface area contributed by atoms with Crippen LogP contribution in [-0.2, 0) is 5.54 Å². The summed E-state index contributed by atoms with van der Waals surface area (Å²) in [5.41, 5.74) is 8.25. The molecule has 0 saturated heterocycles. The summed E-state index contributed by atoms with van der Waals surface area (Å²) in [5, 5.41) is 5.30. The fraction of sp³-hybridized carbons (Fsp3) is 0.0278. The molecule has 3 heterocycles. The first-order chi connectivity index (χ1) is 21.6. The van der Waals surface area contributed by atoms with Crippen molar-refractivity contribution in [3.8, 4) is 22.4 Å². The first-order valence-corrected chi connectivity index (χ1v) is 14.1. The van der Waals surface area contributed by atoms with E-state index in [-0.39, 0.29) is 5.82 Å². The van der Waals surface area contributed by atoms with Crippen LogP contribution in [0.15, 0.2) is 146 Å². The highest BCUT2D eigenvalue weighted by Gasteiger charge is 2.40. The van der Waals surface area contributed by atoms with Gasteiger partial charge >= 0.3 is 0 Å². The summed E-state index contributed by atoms with van der Waals surface area (Å²) >= 11 is 0. The maximum absolute atomic E-state index is 14.1. The summed E-state index contributed by atoms with van der Waals surface area (Å²) in [4.78, 5) is 16.9. The Kier molecular flexibility index (Phi) is 6.81. The Morgan fingerprint density at radius 1 is 0.705 bits per heavy atom. The van der Waals surface area contributed by atoms with Gasteiger partial charge in [0.15, 0.2) is 0 Å². The molecule has 44 heavy (non-hydrogen) atoms. The zero-order chi connectivity index (χ0) is 30.1. The first kappa shape index (κ1) is 27.0. The molecule has 0 spiro atoms. The van der Waals surface area contributed by atoms with Gasteiger partial charge in [-0.25, -0.2) is 15.2 Å². The summed E-state index contributed by atoms with van der Waals surface area (Å²) in [6, 6.07) is 40.9. The second-order valence-corrected chi connectivity index (χ2v) is 10.4. The van der Waals surface area contributed by atoms with E-state index in [2.05, 4.69) is 46.8 Å². The highest BCUT2D eigenvalue weighted by Crippen LogP contribution is 2.43. The van der Waals surface area contributed by atoms with Gasteiger partial charge in [0.2, 0.25) is 0 Å². The van der Waals surface area contributed by atoms with Crippen molar-refractivity contribution < 1.29 is 9.18 Å². The molecule has 4 aromatic carbocycles. The van der Waals surface area contributed by atoms with E-state index in [1.165, 1.54) is 18.3 Å². The molecule has 0 fully saturated rings. The number of benzene rings is 4. The van der Waals surface area contributed by atoms with E-state index in [0.29, 0.717) is 17.0 Å². The van der Waals surface area contributed by atoms with Crippen LogP contribution in [0.2, 0.25) is 0 Å². The first-order valence-electron chi connectivity index (χ1n) is 14.1. The Bertz CT molecular complexity index is 1970. The molecule has 0 aliphatic rings. The molecule has 0 radical (unpaired) electrons. The third-order valence-corrected chi connectivity index (χ3v) is 7.93. The number of carbonyl (C=O) groups excluding carboxylic acids is 1. The number of hydrogen-bond acceptors (Lipinski definition) is 4. The number of nitrogens with one attached hydrogen (secondary N) is 1. The average Bonchev–Trinajstić information content (AvgIpc) is 3.72. The zero-order valence-electron chi connectivity index (χ0n) is 23.5. The number of nitrogen functional groups attached to an aromatic ring is 1. The van der Waals surface area contributed by atoms with Crippen LogP contribution in [0.4, 0.5) is 4.39 Å². The van der Waals surface area contributed by atoms with Crippen LogP contribution in [-0.4, -0.2) is 25.1 Å². The van der Waals surface area contributed by atoms with Crippen molar-refractivity contribution in [3.05, 3.63) is 174 Å². The molecule has 7 rings (SSSR count). The van der Waals surface area contributed by atoms with Crippen LogP contribution in [0.25, 0.3) is 28.0 Å². The molecule has 8 heteroatoms. The molecule has 214 valence electrons. The molecule has 7 nitrogen and oxygen atoms in total. The Morgan fingerprint density at radius 2 is 1.25 bits per heavy atom. The minimum absolute atomic E-state index is 0.298. The van der Waals surface area contributed by atoms with Gasteiger partial charge in [0.05, 0.1) is 6.20 Å². The summed E-state index contributed by atoms with van der Waals surface area (Å²) in [7, 11) is 0. The molecular formula is C36H27FN6O. The number of nitrogens with two attached hydrogens (primary N) is 1. The topological polar surface area (TPSA) is 90.2 Å². The van der Waals surface area contributed by atoms with Gasteiger partial charge in [0, 0.05) is 29.1 Å². The van der Waals surface area contributed by atoms with Gasteiger partial charge in [0.25, 0.3) is 5.91 Å². The van der Waals surface area contributed by atoms with E-state index in [4.69, 9.17) is 10.9 Å². The van der Waals surface area contributed by atoms with Crippen molar-refractivity contribution in [2.24, 2.45) is 5.84 Å². The quantitative estimate of drug-likeness (QED) is 0.0985. The highest BCUT2D eigenvalue weighted by molar-refractivity contribution is 5.93. The molecule has 0 unspecified atom stereocenters. The van der Waals surface area contributed by atoms with Gasteiger partial charge in [-0.3, -0.25) is 19.3 Å². The maximum atomic E-state index is 14.1. The normalized spacial score (nSPS) is 11.5. The average molecular weight is 579 g/mol. The minimum Gasteiger partial charge on any atom is -0.295 e. The number of hydrogen-bond donors (Lipinski definition) is 2. The molecule has 3 N–H and O–H groups in total. The van der Waals surface area contributed by atoms with Gasteiger partial charge in [-0.2, -0.15) is 5.10 Å². The van der Waals surface area contributed by atoms with Crippen molar-refractivity contribution >= 4 is 11.6 Å². The molecule has 0 aliphatic heterocycles. The fourth-order valence-electron chi connectivity index (χ4n) is 5.89. The molecule has 0 aliphatic carbocycles. The van der Waals surface area contributed by atoms with Gasteiger partial charge < -0.3 is 0 Å². The van der Waals surface area contributed by atoms with E-state index in [0.717, 1.165) is 33.4 Å². The van der Waals surface area contributed by atoms with Crippen LogP contribution in [0.1, 0.15) is 27.2 Å². The Hall–Kier alpha value is -5.86. The van der Waals surface area contributed by atoms with Crippen molar-refractivity contribution in [3.63, 3.8) is 0 Å². The van der Waals surface area contributed by atoms with Crippen molar-refractivity contribution in [1.82, 2.24) is 24.6 Å². The summed E-state index contributed by atoms with van der Waals surface area (Å²) in [6.45, 7) is 0. The van der Waals surface area contributed by atoms with Gasteiger partial charge in [-0.15, -0.1) is 0 Å². The van der Waals surface area contributed by atoms with Crippen LogP contribution < -0.4 is 11.3 Å². The third kappa shape index (κ3) is 4.45. The number of hydrazine groups is 1.